The van der Waals surface area contributed by atoms with E-state index in [0.29, 0.717) is 18.9 Å². The van der Waals surface area contributed by atoms with Gasteiger partial charge in [-0.25, -0.2) is 4.79 Å². The van der Waals surface area contributed by atoms with Crippen molar-refractivity contribution in [2.75, 3.05) is 20.3 Å². The average molecular weight is 197 g/mol. The van der Waals surface area contributed by atoms with Gasteiger partial charge in [0, 0.05) is 13.3 Å². The minimum atomic E-state index is -0.954. The molecule has 0 amide bonds. The van der Waals surface area contributed by atoms with Crippen LogP contribution in [0.15, 0.2) is 12.3 Å². The number of carbonyl (C=O) groups is 1. The van der Waals surface area contributed by atoms with Crippen LogP contribution in [0, 0.1) is 0 Å². The Bertz CT molecular complexity index is 348. The molecule has 0 aromatic carbocycles. The van der Waals surface area contributed by atoms with E-state index in [-0.39, 0.29) is 5.56 Å². The molecule has 5 heteroatoms. The van der Waals surface area contributed by atoms with Crippen LogP contribution >= 0.6 is 0 Å². The van der Waals surface area contributed by atoms with E-state index in [9.17, 15) is 4.79 Å². The Balaban J connectivity index is 2.39. The van der Waals surface area contributed by atoms with Crippen LogP contribution in [0.3, 0.4) is 0 Å². The van der Waals surface area contributed by atoms with Crippen LogP contribution in [0.5, 0.6) is 0 Å². The number of methoxy groups -OCH3 is 1. The first-order valence-electron chi connectivity index (χ1n) is 4.24. The molecular weight excluding hydrogens is 186 g/mol. The fraction of sp³-hybridized carbons (Fsp3) is 0.444. The molecule has 0 aliphatic carbocycles. The standard InChI is InChI=1S/C9H11NO4/c1-13-9(4-14-5-9)7-6(8(11)12)2-3-10-7/h2-3,10H,4-5H2,1H3,(H,11,12). The van der Waals surface area contributed by atoms with Gasteiger partial charge in [-0.1, -0.05) is 0 Å². The third-order valence-electron chi connectivity index (χ3n) is 2.49. The maximum Gasteiger partial charge on any atom is 0.337 e. The van der Waals surface area contributed by atoms with Crippen LogP contribution in [-0.2, 0) is 15.1 Å². The van der Waals surface area contributed by atoms with Gasteiger partial charge in [0.25, 0.3) is 0 Å². The zero-order chi connectivity index (χ0) is 10.2. The number of hydrogen-bond acceptors (Lipinski definition) is 3. The van der Waals surface area contributed by atoms with Gasteiger partial charge in [-0.3, -0.25) is 0 Å². The van der Waals surface area contributed by atoms with Crippen molar-refractivity contribution in [3.63, 3.8) is 0 Å². The summed E-state index contributed by atoms with van der Waals surface area (Å²) in [4.78, 5) is 13.8. The number of hydrogen-bond donors (Lipinski definition) is 2. The van der Waals surface area contributed by atoms with E-state index in [1.807, 2.05) is 0 Å². The van der Waals surface area contributed by atoms with Crippen molar-refractivity contribution in [1.82, 2.24) is 4.98 Å². The summed E-state index contributed by atoms with van der Waals surface area (Å²) in [6.07, 6.45) is 1.60. The van der Waals surface area contributed by atoms with Crippen LogP contribution in [0.4, 0.5) is 0 Å². The highest BCUT2D eigenvalue weighted by molar-refractivity contribution is 5.89. The van der Waals surface area contributed by atoms with Crippen LogP contribution < -0.4 is 0 Å². The molecule has 14 heavy (non-hydrogen) atoms. The minimum Gasteiger partial charge on any atom is -0.478 e. The number of rotatable bonds is 3. The second-order valence-electron chi connectivity index (χ2n) is 3.26. The molecule has 0 saturated carbocycles. The predicted octanol–water partition coefficient (Wildman–Crippen LogP) is 0.585. The summed E-state index contributed by atoms with van der Waals surface area (Å²) in [5.74, 6) is -0.954. The molecular formula is C9H11NO4. The third-order valence-corrected chi connectivity index (χ3v) is 2.49. The summed E-state index contributed by atoms with van der Waals surface area (Å²) < 4.78 is 10.3. The summed E-state index contributed by atoms with van der Waals surface area (Å²) in [5.41, 5.74) is 0.228. The highest BCUT2D eigenvalue weighted by Crippen LogP contribution is 2.34. The number of aromatic nitrogens is 1. The zero-order valence-electron chi connectivity index (χ0n) is 7.74. The maximum absolute atomic E-state index is 10.9. The van der Waals surface area contributed by atoms with Gasteiger partial charge in [-0.15, -0.1) is 0 Å². The number of nitrogens with one attached hydrogen (secondary N) is 1. The van der Waals surface area contributed by atoms with Gasteiger partial charge in [-0.2, -0.15) is 0 Å². The Morgan fingerprint density at radius 1 is 1.71 bits per heavy atom. The van der Waals surface area contributed by atoms with Gasteiger partial charge in [-0.05, 0) is 6.07 Å². The lowest BCUT2D eigenvalue weighted by molar-refractivity contribution is -0.204. The monoisotopic (exact) mass is 197 g/mol. The van der Waals surface area contributed by atoms with Crippen LogP contribution in [0.2, 0.25) is 0 Å². The maximum atomic E-state index is 10.9. The molecule has 2 rings (SSSR count). The first kappa shape index (κ1) is 9.23. The molecule has 2 N–H and O–H groups in total. The average Bonchev–Trinajstić information content (AvgIpc) is 2.52. The van der Waals surface area contributed by atoms with Crippen molar-refractivity contribution < 1.29 is 19.4 Å². The Labute approximate surface area is 80.6 Å². The molecule has 0 spiro atoms. The molecule has 1 aromatic rings. The van der Waals surface area contributed by atoms with Gasteiger partial charge in [0.15, 0.2) is 5.60 Å². The molecule has 1 aliphatic heterocycles. The van der Waals surface area contributed by atoms with E-state index >= 15 is 0 Å². The molecule has 0 unspecified atom stereocenters. The Hall–Kier alpha value is -1.33. The highest BCUT2D eigenvalue weighted by Gasteiger charge is 2.44. The Morgan fingerprint density at radius 2 is 2.43 bits per heavy atom. The van der Waals surface area contributed by atoms with E-state index in [1.165, 1.54) is 6.07 Å². The summed E-state index contributed by atoms with van der Waals surface area (Å²) in [5, 5.41) is 8.92. The minimum absolute atomic E-state index is 0.246. The van der Waals surface area contributed by atoms with E-state index in [0.717, 1.165) is 0 Å². The molecule has 1 aliphatic rings. The topological polar surface area (TPSA) is 71.6 Å². The van der Waals surface area contributed by atoms with Crippen LogP contribution in [0.25, 0.3) is 0 Å². The molecule has 0 bridgehead atoms. The lowest BCUT2D eigenvalue weighted by Gasteiger charge is -2.39. The fourth-order valence-corrected chi connectivity index (χ4v) is 1.58. The molecule has 76 valence electrons. The lowest BCUT2D eigenvalue weighted by Crippen LogP contribution is -2.49. The highest BCUT2D eigenvalue weighted by atomic mass is 16.6. The molecule has 0 atom stereocenters. The van der Waals surface area contributed by atoms with Gasteiger partial charge in [0.2, 0.25) is 0 Å². The summed E-state index contributed by atoms with van der Waals surface area (Å²) >= 11 is 0. The van der Waals surface area contributed by atoms with Gasteiger partial charge in [0.1, 0.15) is 0 Å². The van der Waals surface area contributed by atoms with Crippen molar-refractivity contribution >= 4 is 5.97 Å². The van der Waals surface area contributed by atoms with Gasteiger partial charge >= 0.3 is 5.97 Å². The molecule has 5 nitrogen and oxygen atoms in total. The summed E-state index contributed by atoms with van der Waals surface area (Å²) in [6, 6.07) is 1.52. The van der Waals surface area contributed by atoms with Crippen molar-refractivity contribution in [1.29, 1.82) is 0 Å². The molecule has 2 heterocycles. The number of aromatic carboxylic acids is 1. The number of aromatic amines is 1. The normalized spacial score (nSPS) is 18.9. The smallest absolute Gasteiger partial charge is 0.337 e. The summed E-state index contributed by atoms with van der Waals surface area (Å²) in [6.45, 7) is 0.786. The number of ether oxygens (including phenoxy) is 2. The molecule has 1 saturated heterocycles. The largest absolute Gasteiger partial charge is 0.478 e. The quantitative estimate of drug-likeness (QED) is 0.743. The van der Waals surface area contributed by atoms with E-state index < -0.39 is 11.6 Å². The van der Waals surface area contributed by atoms with Crippen molar-refractivity contribution in [2.24, 2.45) is 0 Å². The first-order chi connectivity index (χ1) is 6.69. The molecule has 1 aromatic heterocycles. The van der Waals surface area contributed by atoms with Gasteiger partial charge < -0.3 is 19.6 Å². The first-order valence-corrected chi connectivity index (χ1v) is 4.24. The predicted molar refractivity (Wildman–Crippen MR) is 47.3 cm³/mol. The Morgan fingerprint density at radius 3 is 2.86 bits per heavy atom. The number of carboxylic acids is 1. The molecule has 1 fully saturated rings. The second kappa shape index (κ2) is 3.11. The van der Waals surface area contributed by atoms with E-state index in [2.05, 4.69) is 4.98 Å². The summed E-state index contributed by atoms with van der Waals surface area (Å²) in [7, 11) is 1.55. The third kappa shape index (κ3) is 1.13. The second-order valence-corrected chi connectivity index (χ2v) is 3.26. The van der Waals surface area contributed by atoms with E-state index in [4.69, 9.17) is 14.6 Å². The van der Waals surface area contributed by atoms with Crippen molar-refractivity contribution in [3.05, 3.63) is 23.5 Å². The Kier molecular flexibility index (Phi) is 2.05. The fourth-order valence-electron chi connectivity index (χ4n) is 1.58. The SMILES string of the molecule is COC1(c2[nH]ccc2C(=O)O)COC1. The van der Waals surface area contributed by atoms with E-state index in [1.54, 1.807) is 13.3 Å². The zero-order valence-corrected chi connectivity index (χ0v) is 7.74. The number of H-pyrrole nitrogens is 1. The number of carboxylic acid groups (broad SMARTS) is 1. The van der Waals surface area contributed by atoms with Crippen molar-refractivity contribution in [3.8, 4) is 0 Å². The van der Waals surface area contributed by atoms with Gasteiger partial charge in [0.05, 0.1) is 24.5 Å². The van der Waals surface area contributed by atoms with Crippen LogP contribution in [-0.4, -0.2) is 36.4 Å². The lowest BCUT2D eigenvalue weighted by atomic mass is 9.94. The van der Waals surface area contributed by atoms with Crippen LogP contribution in [0.1, 0.15) is 16.1 Å². The molecule has 0 radical (unpaired) electrons. The van der Waals surface area contributed by atoms with Crippen molar-refractivity contribution in [2.45, 2.75) is 5.60 Å².